The van der Waals surface area contributed by atoms with E-state index in [2.05, 4.69) is 46.0 Å². The van der Waals surface area contributed by atoms with Gasteiger partial charge in [-0.1, -0.05) is 43.6 Å². The molecule has 0 bridgehead atoms. The number of nitrogens with zero attached hydrogens (tertiary/aromatic N) is 3. The molecule has 140 valence electrons. The monoisotopic (exact) mass is 382 g/mol. The highest BCUT2D eigenvalue weighted by Crippen LogP contribution is 2.17. The number of hydrogen-bond acceptors (Lipinski definition) is 3. The molecule has 6 heteroatoms. The van der Waals surface area contributed by atoms with Gasteiger partial charge in [-0.2, -0.15) is 0 Å². The van der Waals surface area contributed by atoms with Crippen LogP contribution in [-0.4, -0.2) is 72.2 Å². The summed E-state index contributed by atoms with van der Waals surface area (Å²) in [4.78, 5) is 7.18. The summed E-state index contributed by atoms with van der Waals surface area (Å²) in [6, 6.07) is 8.10. The quantitative estimate of drug-likeness (QED) is 0.549. The summed E-state index contributed by atoms with van der Waals surface area (Å²) in [6.45, 7) is 13.7. The van der Waals surface area contributed by atoms with Crippen LogP contribution in [0, 0.1) is 0 Å². The van der Waals surface area contributed by atoms with Gasteiger partial charge in [-0.05, 0) is 49.9 Å². The summed E-state index contributed by atoms with van der Waals surface area (Å²) in [7, 11) is 0. The molecule has 25 heavy (non-hydrogen) atoms. The molecule has 0 aliphatic carbocycles. The average molecular weight is 383 g/mol. The van der Waals surface area contributed by atoms with Crippen LogP contribution in [0.15, 0.2) is 24.3 Å². The first kappa shape index (κ1) is 20.4. The van der Waals surface area contributed by atoms with E-state index in [1.807, 2.05) is 12.1 Å². The number of piperazine rings is 1. The van der Waals surface area contributed by atoms with Crippen molar-refractivity contribution in [2.24, 2.45) is 0 Å². The first-order valence-corrected chi connectivity index (χ1v) is 10.1. The van der Waals surface area contributed by atoms with Gasteiger partial charge in [0.25, 0.3) is 0 Å². The topological polar surface area (TPSA) is 21.8 Å². The van der Waals surface area contributed by atoms with E-state index < -0.39 is 0 Å². The molecule has 0 spiro atoms. The molecule has 0 atom stereocenters. The van der Waals surface area contributed by atoms with Crippen LogP contribution in [0.4, 0.5) is 0 Å². The second-order valence-electron chi connectivity index (χ2n) is 6.47. The van der Waals surface area contributed by atoms with E-state index in [1.54, 1.807) is 0 Å². The van der Waals surface area contributed by atoms with Gasteiger partial charge in [0.05, 0.1) is 0 Å². The summed E-state index contributed by atoms with van der Waals surface area (Å²) in [6.07, 6.45) is 1.13. The van der Waals surface area contributed by atoms with Gasteiger partial charge in [0.1, 0.15) is 0 Å². The molecule has 0 amide bonds. The summed E-state index contributed by atoms with van der Waals surface area (Å²) < 4.78 is 0. The molecule has 1 heterocycles. The Morgan fingerprint density at radius 2 is 1.84 bits per heavy atom. The fraction of sp³-hybridized carbons (Fsp3) is 0.632. The highest BCUT2D eigenvalue weighted by Gasteiger charge is 2.19. The Morgan fingerprint density at radius 1 is 1.16 bits per heavy atom. The average Bonchev–Trinajstić information content (AvgIpc) is 2.64. The van der Waals surface area contributed by atoms with Crippen LogP contribution in [0.1, 0.15) is 25.8 Å². The number of thiocarbonyl (C=S) groups is 1. The van der Waals surface area contributed by atoms with Gasteiger partial charge in [0, 0.05) is 44.3 Å². The van der Waals surface area contributed by atoms with Crippen molar-refractivity contribution in [3.8, 4) is 0 Å². The lowest BCUT2D eigenvalue weighted by atomic mass is 10.2. The van der Waals surface area contributed by atoms with Crippen LogP contribution < -0.4 is 5.32 Å². The molecule has 0 radical (unpaired) electrons. The van der Waals surface area contributed by atoms with Crippen LogP contribution >= 0.6 is 23.8 Å². The van der Waals surface area contributed by atoms with Crippen molar-refractivity contribution in [1.29, 1.82) is 0 Å². The molecular weight excluding hydrogens is 352 g/mol. The normalized spacial score (nSPS) is 15.6. The SMILES string of the molecule is CCN(CC)CCCNC(=S)N1CCN(Cc2ccccc2Cl)CC1. The van der Waals surface area contributed by atoms with Crippen molar-refractivity contribution in [2.45, 2.75) is 26.8 Å². The minimum Gasteiger partial charge on any atom is -0.363 e. The summed E-state index contributed by atoms with van der Waals surface area (Å²) in [5.74, 6) is 0. The molecule has 0 aromatic heterocycles. The Bertz CT molecular complexity index is 528. The minimum atomic E-state index is 0.857. The molecule has 1 aliphatic heterocycles. The number of rotatable bonds is 8. The Morgan fingerprint density at radius 3 is 2.48 bits per heavy atom. The molecule has 1 aromatic carbocycles. The van der Waals surface area contributed by atoms with Crippen molar-refractivity contribution in [1.82, 2.24) is 20.0 Å². The number of hydrogen-bond donors (Lipinski definition) is 1. The van der Waals surface area contributed by atoms with Crippen molar-refractivity contribution < 1.29 is 0 Å². The van der Waals surface area contributed by atoms with Crippen LogP contribution in [0.3, 0.4) is 0 Å². The largest absolute Gasteiger partial charge is 0.363 e. The number of halogens is 1. The first-order chi connectivity index (χ1) is 12.1. The van der Waals surface area contributed by atoms with Gasteiger partial charge in [-0.15, -0.1) is 0 Å². The van der Waals surface area contributed by atoms with Crippen LogP contribution in [-0.2, 0) is 6.54 Å². The molecule has 1 aliphatic rings. The van der Waals surface area contributed by atoms with E-state index in [1.165, 1.54) is 5.56 Å². The lowest BCUT2D eigenvalue weighted by Crippen LogP contribution is -2.51. The Balaban J connectivity index is 1.65. The molecule has 2 rings (SSSR count). The highest BCUT2D eigenvalue weighted by atomic mass is 35.5. The third kappa shape index (κ3) is 6.74. The van der Waals surface area contributed by atoms with E-state index in [4.69, 9.17) is 23.8 Å². The van der Waals surface area contributed by atoms with Crippen LogP contribution in [0.2, 0.25) is 5.02 Å². The number of nitrogens with one attached hydrogen (secondary N) is 1. The zero-order valence-corrected chi connectivity index (χ0v) is 17.1. The number of benzene rings is 1. The maximum atomic E-state index is 6.27. The minimum absolute atomic E-state index is 0.857. The van der Waals surface area contributed by atoms with Gasteiger partial charge in [0.2, 0.25) is 0 Å². The predicted molar refractivity (Wildman–Crippen MR) is 111 cm³/mol. The van der Waals surface area contributed by atoms with Gasteiger partial charge < -0.3 is 15.1 Å². The molecule has 1 saturated heterocycles. The van der Waals surface area contributed by atoms with Crippen LogP contribution in [0.5, 0.6) is 0 Å². The third-order valence-corrected chi connectivity index (χ3v) is 5.60. The zero-order valence-electron chi connectivity index (χ0n) is 15.5. The summed E-state index contributed by atoms with van der Waals surface area (Å²) >= 11 is 11.8. The fourth-order valence-corrected chi connectivity index (χ4v) is 3.61. The molecule has 0 unspecified atom stereocenters. The van der Waals surface area contributed by atoms with Gasteiger partial charge in [0.15, 0.2) is 5.11 Å². The van der Waals surface area contributed by atoms with E-state index in [9.17, 15) is 0 Å². The van der Waals surface area contributed by atoms with Gasteiger partial charge >= 0.3 is 0 Å². The lowest BCUT2D eigenvalue weighted by molar-refractivity contribution is 0.174. The molecule has 0 saturated carbocycles. The Hall–Kier alpha value is -0.880. The maximum absolute atomic E-state index is 6.27. The van der Waals surface area contributed by atoms with Gasteiger partial charge in [-0.3, -0.25) is 4.90 Å². The predicted octanol–water partition coefficient (Wildman–Crippen LogP) is 3.06. The summed E-state index contributed by atoms with van der Waals surface area (Å²) in [5, 5.41) is 5.18. The zero-order chi connectivity index (χ0) is 18.1. The first-order valence-electron chi connectivity index (χ1n) is 9.35. The molecule has 1 N–H and O–H groups in total. The third-order valence-electron chi connectivity index (χ3n) is 4.83. The van der Waals surface area contributed by atoms with E-state index in [0.717, 1.165) is 75.5 Å². The maximum Gasteiger partial charge on any atom is 0.169 e. The summed E-state index contributed by atoms with van der Waals surface area (Å²) in [5.41, 5.74) is 1.20. The highest BCUT2D eigenvalue weighted by molar-refractivity contribution is 7.80. The van der Waals surface area contributed by atoms with Crippen molar-refractivity contribution in [2.75, 3.05) is 52.4 Å². The van der Waals surface area contributed by atoms with Gasteiger partial charge in [-0.25, -0.2) is 0 Å². The smallest absolute Gasteiger partial charge is 0.169 e. The molecule has 1 fully saturated rings. The van der Waals surface area contributed by atoms with E-state index >= 15 is 0 Å². The second kappa shape index (κ2) is 11.0. The lowest BCUT2D eigenvalue weighted by Gasteiger charge is -2.36. The fourth-order valence-electron chi connectivity index (χ4n) is 3.13. The molecule has 4 nitrogen and oxygen atoms in total. The van der Waals surface area contributed by atoms with Crippen LogP contribution in [0.25, 0.3) is 0 Å². The van der Waals surface area contributed by atoms with Crippen molar-refractivity contribution in [3.05, 3.63) is 34.9 Å². The van der Waals surface area contributed by atoms with E-state index in [0.29, 0.717) is 0 Å². The van der Waals surface area contributed by atoms with E-state index in [-0.39, 0.29) is 0 Å². The van der Waals surface area contributed by atoms with Crippen molar-refractivity contribution >= 4 is 28.9 Å². The van der Waals surface area contributed by atoms with Crippen molar-refractivity contribution in [3.63, 3.8) is 0 Å². The molecular formula is C19H31ClN4S. The Labute approximate surface area is 163 Å². The second-order valence-corrected chi connectivity index (χ2v) is 7.26. The molecule has 1 aromatic rings. The standard InChI is InChI=1S/C19H31ClN4S/c1-3-22(4-2)11-7-10-21-19(25)24-14-12-23(13-15-24)16-17-8-5-6-9-18(17)20/h5-6,8-9H,3-4,7,10-16H2,1-2H3,(H,21,25). The Kier molecular flexibility index (Phi) is 8.96.